The molecule has 1 rings (SSSR count). The van der Waals surface area contributed by atoms with Crippen LogP contribution in [-0.4, -0.2) is 36.4 Å². The Bertz CT molecular complexity index is 231. The fraction of sp³-hybridized carbons (Fsp3) is 0.923. The molecule has 1 amide bonds. The fourth-order valence-electron chi connectivity index (χ4n) is 2.28. The largest absolute Gasteiger partial charge is 0.396 e. The van der Waals surface area contributed by atoms with Crippen LogP contribution in [0.15, 0.2) is 0 Å². The predicted octanol–water partition coefficient (Wildman–Crippen LogP) is 1.47. The first-order valence-electron chi connectivity index (χ1n) is 6.65. The van der Waals surface area contributed by atoms with Crippen LogP contribution >= 0.6 is 0 Å². The Kier molecular flexibility index (Phi) is 6.52. The summed E-state index contributed by atoms with van der Waals surface area (Å²) < 4.78 is 5.34. The van der Waals surface area contributed by atoms with E-state index in [-0.39, 0.29) is 30.6 Å². The highest BCUT2D eigenvalue weighted by Crippen LogP contribution is 2.23. The molecule has 1 aliphatic rings. The highest BCUT2D eigenvalue weighted by molar-refractivity contribution is 5.76. The molecule has 0 aliphatic heterocycles. The number of rotatable bonds is 6. The van der Waals surface area contributed by atoms with Crippen LogP contribution in [0.5, 0.6) is 0 Å². The quantitative estimate of drug-likeness (QED) is 0.742. The van der Waals surface area contributed by atoms with Gasteiger partial charge in [-0.05, 0) is 26.7 Å². The maximum absolute atomic E-state index is 11.7. The van der Waals surface area contributed by atoms with Crippen molar-refractivity contribution in [3.05, 3.63) is 0 Å². The minimum absolute atomic E-state index is 0.0380. The zero-order chi connectivity index (χ0) is 12.7. The summed E-state index contributed by atoms with van der Waals surface area (Å²) in [5.74, 6) is 0.273. The molecule has 0 aromatic rings. The van der Waals surface area contributed by atoms with Gasteiger partial charge >= 0.3 is 0 Å². The molecule has 0 aromatic heterocycles. The molecule has 17 heavy (non-hydrogen) atoms. The van der Waals surface area contributed by atoms with Crippen molar-refractivity contribution in [2.75, 3.05) is 13.2 Å². The highest BCUT2D eigenvalue weighted by atomic mass is 16.5. The molecule has 1 fully saturated rings. The van der Waals surface area contributed by atoms with Crippen molar-refractivity contribution < 1.29 is 14.6 Å². The first-order valence-corrected chi connectivity index (χ1v) is 6.65. The summed E-state index contributed by atoms with van der Waals surface area (Å²) in [6.07, 6.45) is 4.89. The molecule has 4 heteroatoms. The first kappa shape index (κ1) is 14.5. The Balaban J connectivity index is 2.24. The van der Waals surface area contributed by atoms with Gasteiger partial charge in [-0.3, -0.25) is 4.79 Å². The summed E-state index contributed by atoms with van der Waals surface area (Å²) in [4.78, 5) is 11.7. The van der Waals surface area contributed by atoms with Crippen molar-refractivity contribution >= 4 is 5.91 Å². The summed E-state index contributed by atoms with van der Waals surface area (Å²) in [7, 11) is 0. The van der Waals surface area contributed by atoms with Crippen LogP contribution in [0.2, 0.25) is 0 Å². The van der Waals surface area contributed by atoms with E-state index in [1.54, 1.807) is 0 Å². The van der Waals surface area contributed by atoms with Gasteiger partial charge in [-0.1, -0.05) is 12.8 Å². The lowest BCUT2D eigenvalue weighted by molar-refractivity contribution is -0.123. The molecular weight excluding hydrogens is 218 g/mol. The number of carbonyl (C=O) groups is 1. The predicted molar refractivity (Wildman–Crippen MR) is 66.7 cm³/mol. The van der Waals surface area contributed by atoms with Crippen molar-refractivity contribution in [2.45, 2.75) is 58.1 Å². The van der Waals surface area contributed by atoms with E-state index in [2.05, 4.69) is 5.32 Å². The van der Waals surface area contributed by atoms with Crippen molar-refractivity contribution in [1.29, 1.82) is 0 Å². The Hall–Kier alpha value is -0.610. The van der Waals surface area contributed by atoms with Gasteiger partial charge in [-0.15, -0.1) is 0 Å². The Labute approximate surface area is 104 Å². The SMILES string of the molecule is CC(C)OCCC(=O)NC1CCCCC1CO. The molecule has 0 aromatic carbocycles. The number of ether oxygens (including phenoxy) is 1. The zero-order valence-electron chi connectivity index (χ0n) is 10.9. The number of carbonyl (C=O) groups excluding carboxylic acids is 1. The normalized spacial score (nSPS) is 24.9. The maximum atomic E-state index is 11.7. The van der Waals surface area contributed by atoms with Gasteiger partial charge in [0, 0.05) is 25.0 Å². The van der Waals surface area contributed by atoms with Crippen LogP contribution in [0.4, 0.5) is 0 Å². The minimum Gasteiger partial charge on any atom is -0.396 e. The Morgan fingerprint density at radius 2 is 2.12 bits per heavy atom. The third-order valence-electron chi connectivity index (χ3n) is 3.27. The lowest BCUT2D eigenvalue weighted by Gasteiger charge is -2.30. The zero-order valence-corrected chi connectivity index (χ0v) is 10.9. The molecule has 0 saturated heterocycles. The molecule has 0 spiro atoms. The molecular formula is C13H25NO3. The van der Waals surface area contributed by atoms with Gasteiger partial charge < -0.3 is 15.2 Å². The minimum atomic E-state index is 0.0380. The molecule has 4 nitrogen and oxygen atoms in total. The summed E-state index contributed by atoms with van der Waals surface area (Å²) in [6.45, 7) is 4.56. The third kappa shape index (κ3) is 5.50. The Morgan fingerprint density at radius 3 is 2.76 bits per heavy atom. The number of nitrogens with one attached hydrogen (secondary N) is 1. The van der Waals surface area contributed by atoms with Crippen molar-refractivity contribution in [3.63, 3.8) is 0 Å². The summed E-state index contributed by atoms with van der Waals surface area (Å²) in [5, 5.41) is 12.3. The molecule has 100 valence electrons. The molecule has 2 atom stereocenters. The van der Waals surface area contributed by atoms with Gasteiger partial charge in [0.15, 0.2) is 0 Å². The standard InChI is InChI=1S/C13H25NO3/c1-10(2)17-8-7-13(16)14-12-6-4-3-5-11(12)9-15/h10-12,15H,3-9H2,1-2H3,(H,14,16). The monoisotopic (exact) mass is 243 g/mol. The molecule has 0 heterocycles. The van der Waals surface area contributed by atoms with E-state index < -0.39 is 0 Å². The van der Waals surface area contributed by atoms with Crippen molar-refractivity contribution in [3.8, 4) is 0 Å². The van der Waals surface area contributed by atoms with E-state index in [0.29, 0.717) is 13.0 Å². The number of amides is 1. The summed E-state index contributed by atoms with van der Waals surface area (Å²) in [6, 6.07) is 0.153. The Morgan fingerprint density at radius 1 is 1.41 bits per heavy atom. The van der Waals surface area contributed by atoms with Gasteiger partial charge in [0.2, 0.25) is 5.91 Å². The number of hydrogen-bond acceptors (Lipinski definition) is 3. The second-order valence-electron chi connectivity index (χ2n) is 5.07. The maximum Gasteiger partial charge on any atom is 0.222 e. The second-order valence-corrected chi connectivity index (χ2v) is 5.07. The summed E-state index contributed by atoms with van der Waals surface area (Å²) in [5.41, 5.74) is 0. The van der Waals surface area contributed by atoms with Crippen LogP contribution in [-0.2, 0) is 9.53 Å². The van der Waals surface area contributed by atoms with Crippen molar-refractivity contribution in [1.82, 2.24) is 5.32 Å². The van der Waals surface area contributed by atoms with Crippen LogP contribution < -0.4 is 5.32 Å². The molecule has 2 unspecified atom stereocenters. The lowest BCUT2D eigenvalue weighted by Crippen LogP contribution is -2.43. The average Bonchev–Trinajstić information content (AvgIpc) is 2.29. The van der Waals surface area contributed by atoms with Gasteiger partial charge in [0.05, 0.1) is 12.7 Å². The summed E-state index contributed by atoms with van der Waals surface area (Å²) >= 11 is 0. The van der Waals surface area contributed by atoms with Gasteiger partial charge in [-0.25, -0.2) is 0 Å². The van der Waals surface area contributed by atoms with Crippen molar-refractivity contribution in [2.24, 2.45) is 5.92 Å². The van der Waals surface area contributed by atoms with Gasteiger partial charge in [0.1, 0.15) is 0 Å². The van der Waals surface area contributed by atoms with Crippen LogP contribution in [0, 0.1) is 5.92 Å². The van der Waals surface area contributed by atoms with Gasteiger partial charge in [0.25, 0.3) is 0 Å². The van der Waals surface area contributed by atoms with E-state index in [1.807, 2.05) is 13.8 Å². The molecule has 1 saturated carbocycles. The van der Waals surface area contributed by atoms with E-state index in [9.17, 15) is 9.90 Å². The van der Waals surface area contributed by atoms with E-state index in [4.69, 9.17) is 4.74 Å². The smallest absolute Gasteiger partial charge is 0.222 e. The molecule has 0 bridgehead atoms. The van der Waals surface area contributed by atoms with E-state index in [0.717, 1.165) is 25.7 Å². The van der Waals surface area contributed by atoms with Gasteiger partial charge in [-0.2, -0.15) is 0 Å². The number of hydrogen-bond donors (Lipinski definition) is 2. The van der Waals surface area contributed by atoms with Crippen LogP contribution in [0.1, 0.15) is 46.0 Å². The second kappa shape index (κ2) is 7.67. The first-order chi connectivity index (χ1) is 8.13. The van der Waals surface area contributed by atoms with E-state index >= 15 is 0 Å². The highest BCUT2D eigenvalue weighted by Gasteiger charge is 2.25. The number of aliphatic hydroxyl groups excluding tert-OH is 1. The lowest BCUT2D eigenvalue weighted by atomic mass is 9.85. The molecule has 2 N–H and O–H groups in total. The van der Waals surface area contributed by atoms with Crippen LogP contribution in [0.3, 0.4) is 0 Å². The topological polar surface area (TPSA) is 58.6 Å². The average molecular weight is 243 g/mol. The number of aliphatic hydroxyl groups is 1. The molecule has 0 radical (unpaired) electrons. The third-order valence-corrected chi connectivity index (χ3v) is 3.27. The van der Waals surface area contributed by atoms with Crippen LogP contribution in [0.25, 0.3) is 0 Å². The van der Waals surface area contributed by atoms with E-state index in [1.165, 1.54) is 0 Å². The molecule has 1 aliphatic carbocycles. The fourth-order valence-corrected chi connectivity index (χ4v) is 2.28.